The number of guanidine groups is 1. The van der Waals surface area contributed by atoms with Crippen LogP contribution >= 0.6 is 24.0 Å². The monoisotopic (exact) mass is 419 g/mol. The standard InChI is InChI=1S/C16H25N3O2.HI/c1-4-17-16(19-8-7-14(20)11-19)18-10-13-6-5-12(2)15(9-13)21-3;/h5-6,9,14,20H,4,7-8,10-11H2,1-3H3,(H,17,18);1H/t14-;/m1./s1. The largest absolute Gasteiger partial charge is 0.496 e. The molecule has 1 saturated heterocycles. The van der Waals surface area contributed by atoms with Gasteiger partial charge in [-0.3, -0.25) is 0 Å². The van der Waals surface area contributed by atoms with E-state index in [2.05, 4.69) is 34.3 Å². The maximum absolute atomic E-state index is 9.66. The van der Waals surface area contributed by atoms with Crippen LogP contribution in [0.4, 0.5) is 0 Å². The van der Waals surface area contributed by atoms with E-state index >= 15 is 0 Å². The molecule has 124 valence electrons. The number of aliphatic hydroxyl groups is 1. The van der Waals surface area contributed by atoms with Gasteiger partial charge in [0.25, 0.3) is 0 Å². The molecule has 1 fully saturated rings. The number of ether oxygens (including phenoxy) is 1. The second-order valence-corrected chi connectivity index (χ2v) is 5.36. The number of β-amino-alcohol motifs (C(OH)–C–C–N with tert-alkyl or cyclic N) is 1. The quantitative estimate of drug-likeness (QED) is 0.446. The van der Waals surface area contributed by atoms with E-state index in [9.17, 15) is 5.11 Å². The Kier molecular flexibility index (Phi) is 7.95. The van der Waals surface area contributed by atoms with Gasteiger partial charge in [0.15, 0.2) is 5.96 Å². The van der Waals surface area contributed by atoms with Crippen LogP contribution in [-0.2, 0) is 6.54 Å². The van der Waals surface area contributed by atoms with E-state index in [1.807, 2.05) is 13.0 Å². The molecule has 0 bridgehead atoms. The summed E-state index contributed by atoms with van der Waals surface area (Å²) in [6, 6.07) is 6.15. The smallest absolute Gasteiger partial charge is 0.194 e. The highest BCUT2D eigenvalue weighted by molar-refractivity contribution is 14.0. The molecule has 0 saturated carbocycles. The van der Waals surface area contributed by atoms with Crippen LogP contribution in [0.3, 0.4) is 0 Å². The molecule has 5 nitrogen and oxygen atoms in total. The van der Waals surface area contributed by atoms with Gasteiger partial charge in [-0.25, -0.2) is 4.99 Å². The lowest BCUT2D eigenvalue weighted by molar-refractivity contribution is 0.188. The Balaban J connectivity index is 0.00000242. The molecule has 0 aromatic heterocycles. The molecule has 6 heteroatoms. The van der Waals surface area contributed by atoms with Crippen molar-refractivity contribution in [2.24, 2.45) is 4.99 Å². The molecule has 1 atom stereocenters. The molecule has 2 rings (SSSR count). The fourth-order valence-corrected chi connectivity index (χ4v) is 2.49. The summed E-state index contributed by atoms with van der Waals surface area (Å²) in [5, 5.41) is 12.9. The number of aryl methyl sites for hydroxylation is 1. The van der Waals surface area contributed by atoms with Crippen LogP contribution in [0.25, 0.3) is 0 Å². The van der Waals surface area contributed by atoms with Gasteiger partial charge in [0.05, 0.1) is 19.8 Å². The third kappa shape index (κ3) is 5.01. The summed E-state index contributed by atoms with van der Waals surface area (Å²) in [5.74, 6) is 1.76. The van der Waals surface area contributed by atoms with Gasteiger partial charge in [-0.05, 0) is 37.5 Å². The van der Waals surface area contributed by atoms with Crippen molar-refractivity contribution in [3.63, 3.8) is 0 Å². The number of hydrogen-bond acceptors (Lipinski definition) is 3. The molecule has 1 aliphatic rings. The number of aliphatic hydroxyl groups excluding tert-OH is 1. The van der Waals surface area contributed by atoms with Crippen LogP contribution in [0.5, 0.6) is 5.75 Å². The number of benzene rings is 1. The lowest BCUT2D eigenvalue weighted by Gasteiger charge is -2.21. The molecule has 0 unspecified atom stereocenters. The fourth-order valence-electron chi connectivity index (χ4n) is 2.49. The van der Waals surface area contributed by atoms with Crippen molar-refractivity contribution >= 4 is 29.9 Å². The average molecular weight is 419 g/mol. The van der Waals surface area contributed by atoms with Gasteiger partial charge < -0.3 is 20.1 Å². The summed E-state index contributed by atoms with van der Waals surface area (Å²) >= 11 is 0. The SMILES string of the molecule is CCNC(=NCc1ccc(C)c(OC)c1)N1CC[C@@H](O)C1.I. The Hall–Kier alpha value is -1.02. The summed E-state index contributed by atoms with van der Waals surface area (Å²) in [4.78, 5) is 6.78. The first-order valence-corrected chi connectivity index (χ1v) is 7.49. The normalized spacial score (nSPS) is 18.1. The van der Waals surface area contributed by atoms with Crippen molar-refractivity contribution in [1.29, 1.82) is 0 Å². The number of nitrogens with one attached hydrogen (secondary N) is 1. The Labute approximate surface area is 149 Å². The highest BCUT2D eigenvalue weighted by atomic mass is 127. The Morgan fingerprint density at radius 3 is 2.86 bits per heavy atom. The zero-order chi connectivity index (χ0) is 15.2. The van der Waals surface area contributed by atoms with Crippen LogP contribution in [0.1, 0.15) is 24.5 Å². The zero-order valence-electron chi connectivity index (χ0n) is 13.5. The minimum absolute atomic E-state index is 0. The van der Waals surface area contributed by atoms with E-state index in [4.69, 9.17) is 4.74 Å². The van der Waals surface area contributed by atoms with Gasteiger partial charge in [-0.15, -0.1) is 24.0 Å². The highest BCUT2D eigenvalue weighted by Crippen LogP contribution is 2.19. The van der Waals surface area contributed by atoms with Gasteiger partial charge in [-0.1, -0.05) is 12.1 Å². The summed E-state index contributed by atoms with van der Waals surface area (Å²) in [6.07, 6.45) is 0.566. The highest BCUT2D eigenvalue weighted by Gasteiger charge is 2.22. The van der Waals surface area contributed by atoms with Gasteiger partial charge in [0, 0.05) is 19.6 Å². The van der Waals surface area contributed by atoms with Crippen molar-refractivity contribution in [3.8, 4) is 5.75 Å². The van der Waals surface area contributed by atoms with Gasteiger partial charge in [0.1, 0.15) is 5.75 Å². The summed E-state index contributed by atoms with van der Waals surface area (Å²) < 4.78 is 5.35. The molecule has 1 aromatic carbocycles. The van der Waals surface area contributed by atoms with E-state index in [0.717, 1.165) is 42.3 Å². The molecule has 0 spiro atoms. The number of nitrogens with zero attached hydrogens (tertiary/aromatic N) is 2. The molecule has 22 heavy (non-hydrogen) atoms. The van der Waals surface area contributed by atoms with Crippen LogP contribution in [0, 0.1) is 6.92 Å². The maximum Gasteiger partial charge on any atom is 0.194 e. The third-order valence-electron chi connectivity index (χ3n) is 3.68. The lowest BCUT2D eigenvalue weighted by Crippen LogP contribution is -2.40. The summed E-state index contributed by atoms with van der Waals surface area (Å²) in [7, 11) is 1.69. The molecular formula is C16H26IN3O2. The van der Waals surface area contributed by atoms with Crippen molar-refractivity contribution < 1.29 is 9.84 Å². The van der Waals surface area contributed by atoms with Crippen LogP contribution < -0.4 is 10.1 Å². The van der Waals surface area contributed by atoms with Crippen LogP contribution in [0.2, 0.25) is 0 Å². The number of hydrogen-bond donors (Lipinski definition) is 2. The van der Waals surface area contributed by atoms with Gasteiger partial charge in [-0.2, -0.15) is 0 Å². The predicted molar refractivity (Wildman–Crippen MR) is 100 cm³/mol. The molecule has 0 radical (unpaired) electrons. The number of rotatable bonds is 4. The van der Waals surface area contributed by atoms with E-state index < -0.39 is 0 Å². The van der Waals surface area contributed by atoms with Crippen molar-refractivity contribution in [3.05, 3.63) is 29.3 Å². The summed E-state index contributed by atoms with van der Waals surface area (Å²) in [6.45, 7) is 7.01. The van der Waals surface area contributed by atoms with Gasteiger partial charge >= 0.3 is 0 Å². The molecule has 0 amide bonds. The Morgan fingerprint density at radius 2 is 2.27 bits per heavy atom. The number of methoxy groups -OCH3 is 1. The van der Waals surface area contributed by atoms with Crippen molar-refractivity contribution in [1.82, 2.24) is 10.2 Å². The van der Waals surface area contributed by atoms with Gasteiger partial charge in [0.2, 0.25) is 0 Å². The van der Waals surface area contributed by atoms with Crippen molar-refractivity contribution in [2.45, 2.75) is 32.9 Å². The minimum atomic E-state index is -0.242. The second-order valence-electron chi connectivity index (χ2n) is 5.36. The average Bonchev–Trinajstić information content (AvgIpc) is 2.91. The molecular weight excluding hydrogens is 393 g/mol. The third-order valence-corrected chi connectivity index (χ3v) is 3.68. The first kappa shape index (κ1) is 19.0. The molecule has 0 aliphatic carbocycles. The topological polar surface area (TPSA) is 57.1 Å². The summed E-state index contributed by atoms with van der Waals surface area (Å²) in [5.41, 5.74) is 2.24. The number of halogens is 1. The Morgan fingerprint density at radius 1 is 1.50 bits per heavy atom. The second kappa shape index (κ2) is 9.19. The zero-order valence-corrected chi connectivity index (χ0v) is 15.8. The fraction of sp³-hybridized carbons (Fsp3) is 0.562. The van der Waals surface area contributed by atoms with E-state index in [1.165, 1.54) is 0 Å². The molecule has 2 N–H and O–H groups in total. The number of likely N-dealkylation sites (tertiary alicyclic amines) is 1. The Bertz CT molecular complexity index is 508. The van der Waals surface area contributed by atoms with Crippen molar-refractivity contribution in [2.75, 3.05) is 26.7 Å². The van der Waals surface area contributed by atoms with Crippen LogP contribution in [0.15, 0.2) is 23.2 Å². The minimum Gasteiger partial charge on any atom is -0.496 e. The first-order valence-electron chi connectivity index (χ1n) is 7.49. The molecule has 1 heterocycles. The van der Waals surface area contributed by atoms with E-state index in [-0.39, 0.29) is 30.1 Å². The van der Waals surface area contributed by atoms with Crippen LogP contribution in [-0.4, -0.2) is 48.8 Å². The predicted octanol–water partition coefficient (Wildman–Crippen LogP) is 2.15. The van der Waals surface area contributed by atoms with E-state index in [0.29, 0.717) is 13.1 Å². The first-order chi connectivity index (χ1) is 10.1. The lowest BCUT2D eigenvalue weighted by atomic mass is 10.1. The molecule has 1 aromatic rings. The molecule has 1 aliphatic heterocycles. The number of aliphatic imine (C=N–C) groups is 1. The van der Waals surface area contributed by atoms with E-state index in [1.54, 1.807) is 7.11 Å². The maximum atomic E-state index is 9.66.